The molecule has 0 radical (unpaired) electrons. The predicted octanol–water partition coefficient (Wildman–Crippen LogP) is 2.22. The summed E-state index contributed by atoms with van der Waals surface area (Å²) in [6, 6.07) is 5.34. The second-order valence-corrected chi connectivity index (χ2v) is 7.43. The van der Waals surface area contributed by atoms with E-state index in [0.29, 0.717) is 12.2 Å². The fourth-order valence-corrected chi connectivity index (χ4v) is 3.30. The van der Waals surface area contributed by atoms with Gasteiger partial charge in [0.05, 0.1) is 11.9 Å². The highest BCUT2D eigenvalue weighted by atomic mass is 79.9. The van der Waals surface area contributed by atoms with Crippen molar-refractivity contribution in [3.8, 4) is 0 Å². The van der Waals surface area contributed by atoms with Gasteiger partial charge in [-0.2, -0.15) is 0 Å². The molecule has 0 heterocycles. The first-order valence-corrected chi connectivity index (χ1v) is 9.01. The number of aryl methyl sites for hydroxylation is 1. The molecule has 116 valence electrons. The van der Waals surface area contributed by atoms with E-state index in [4.69, 9.17) is 0 Å². The monoisotopic (exact) mass is 374 g/mol. The van der Waals surface area contributed by atoms with E-state index in [9.17, 15) is 13.2 Å². The molecule has 0 bridgehead atoms. The van der Waals surface area contributed by atoms with Gasteiger partial charge in [-0.05, 0) is 30.7 Å². The van der Waals surface area contributed by atoms with Crippen LogP contribution in [0, 0.1) is 6.92 Å². The third-order valence-electron chi connectivity index (χ3n) is 2.81. The number of carbonyl (C=O) groups is 1. The number of rotatable bonds is 7. The van der Waals surface area contributed by atoms with Crippen molar-refractivity contribution in [3.05, 3.63) is 40.9 Å². The van der Waals surface area contributed by atoms with Crippen LogP contribution in [0.2, 0.25) is 0 Å². The number of nitrogens with zero attached hydrogens (tertiary/aromatic N) is 1. The molecule has 0 aliphatic carbocycles. The number of carbonyl (C=O) groups excluding carboxylic acids is 1. The maximum Gasteiger partial charge on any atom is 0.232 e. The van der Waals surface area contributed by atoms with E-state index in [1.54, 1.807) is 18.2 Å². The zero-order chi connectivity index (χ0) is 16.0. The Labute approximate surface area is 134 Å². The average Bonchev–Trinajstić information content (AvgIpc) is 2.37. The van der Waals surface area contributed by atoms with Gasteiger partial charge in [0.1, 0.15) is 0 Å². The third kappa shape index (κ3) is 5.51. The minimum atomic E-state index is -3.45. The van der Waals surface area contributed by atoms with Crippen molar-refractivity contribution >= 4 is 37.5 Å². The topological polar surface area (TPSA) is 66.5 Å². The van der Waals surface area contributed by atoms with Crippen LogP contribution < -0.4 is 9.62 Å². The van der Waals surface area contributed by atoms with Crippen LogP contribution in [0.5, 0.6) is 0 Å². The summed E-state index contributed by atoms with van der Waals surface area (Å²) in [6.45, 7) is 5.81. The summed E-state index contributed by atoms with van der Waals surface area (Å²) in [5.41, 5.74) is 1.40. The number of sulfonamides is 1. The van der Waals surface area contributed by atoms with Crippen molar-refractivity contribution in [2.45, 2.75) is 13.3 Å². The van der Waals surface area contributed by atoms with Gasteiger partial charge in [-0.25, -0.2) is 8.42 Å². The summed E-state index contributed by atoms with van der Waals surface area (Å²) in [5, 5.41) is 2.63. The SMILES string of the molecule is C=CCNC(=O)CCN(c1ccc(Br)cc1C)S(C)(=O)=O. The quantitative estimate of drug-likeness (QED) is 0.744. The highest BCUT2D eigenvalue weighted by Gasteiger charge is 2.20. The first-order valence-electron chi connectivity index (χ1n) is 6.37. The van der Waals surface area contributed by atoms with Crippen molar-refractivity contribution < 1.29 is 13.2 Å². The lowest BCUT2D eigenvalue weighted by molar-refractivity contribution is -0.120. The fourth-order valence-electron chi connectivity index (χ4n) is 1.84. The van der Waals surface area contributed by atoms with Gasteiger partial charge in [-0.3, -0.25) is 9.10 Å². The van der Waals surface area contributed by atoms with Gasteiger partial charge in [0.2, 0.25) is 15.9 Å². The molecule has 1 aromatic carbocycles. The number of hydrogen-bond donors (Lipinski definition) is 1. The average molecular weight is 375 g/mol. The predicted molar refractivity (Wildman–Crippen MR) is 88.9 cm³/mol. The van der Waals surface area contributed by atoms with E-state index in [0.717, 1.165) is 16.3 Å². The maximum absolute atomic E-state index is 12.0. The standard InChI is InChI=1S/C14H19BrN2O3S/c1-4-8-16-14(18)7-9-17(21(3,19)20)13-6-5-12(15)10-11(13)2/h4-6,10H,1,7-9H2,2-3H3,(H,16,18). The van der Waals surface area contributed by atoms with Crippen LogP contribution in [0.4, 0.5) is 5.69 Å². The van der Waals surface area contributed by atoms with Crippen LogP contribution >= 0.6 is 15.9 Å². The number of benzene rings is 1. The van der Waals surface area contributed by atoms with Gasteiger partial charge in [-0.15, -0.1) is 6.58 Å². The minimum Gasteiger partial charge on any atom is -0.353 e. The molecule has 0 saturated heterocycles. The summed E-state index contributed by atoms with van der Waals surface area (Å²) in [5.74, 6) is -0.210. The highest BCUT2D eigenvalue weighted by molar-refractivity contribution is 9.10. The molecule has 0 unspecified atom stereocenters. The molecule has 0 saturated carbocycles. The lowest BCUT2D eigenvalue weighted by Gasteiger charge is -2.24. The molecule has 21 heavy (non-hydrogen) atoms. The maximum atomic E-state index is 12.0. The van der Waals surface area contributed by atoms with Crippen molar-refractivity contribution in [1.82, 2.24) is 5.32 Å². The van der Waals surface area contributed by atoms with Crippen LogP contribution in [0.3, 0.4) is 0 Å². The van der Waals surface area contributed by atoms with Gasteiger partial charge >= 0.3 is 0 Å². The van der Waals surface area contributed by atoms with Crippen molar-refractivity contribution in [2.24, 2.45) is 0 Å². The summed E-state index contributed by atoms with van der Waals surface area (Å²) in [7, 11) is -3.45. The van der Waals surface area contributed by atoms with E-state index >= 15 is 0 Å². The molecule has 0 fully saturated rings. The molecule has 1 aromatic rings. The molecule has 1 N–H and O–H groups in total. The summed E-state index contributed by atoms with van der Waals surface area (Å²) >= 11 is 3.35. The van der Waals surface area contributed by atoms with Gasteiger partial charge in [0.25, 0.3) is 0 Å². The Hall–Kier alpha value is -1.34. The molecule has 0 aliphatic rings. The summed E-state index contributed by atoms with van der Waals surface area (Å²) in [4.78, 5) is 11.6. The number of halogens is 1. The van der Waals surface area contributed by atoms with Crippen molar-refractivity contribution in [1.29, 1.82) is 0 Å². The number of hydrogen-bond acceptors (Lipinski definition) is 3. The Morgan fingerprint density at radius 2 is 2.14 bits per heavy atom. The molecule has 5 nitrogen and oxygen atoms in total. The first kappa shape index (κ1) is 17.7. The van der Waals surface area contributed by atoms with E-state index in [-0.39, 0.29) is 18.9 Å². The largest absolute Gasteiger partial charge is 0.353 e. The number of amides is 1. The van der Waals surface area contributed by atoms with Crippen LogP contribution in [-0.2, 0) is 14.8 Å². The molecular weight excluding hydrogens is 356 g/mol. The van der Waals surface area contributed by atoms with Crippen LogP contribution in [0.15, 0.2) is 35.3 Å². The Morgan fingerprint density at radius 1 is 1.48 bits per heavy atom. The van der Waals surface area contributed by atoms with Gasteiger partial charge < -0.3 is 5.32 Å². The Balaban J connectivity index is 2.92. The molecule has 7 heteroatoms. The lowest BCUT2D eigenvalue weighted by atomic mass is 10.2. The van der Waals surface area contributed by atoms with Crippen molar-refractivity contribution in [3.63, 3.8) is 0 Å². The van der Waals surface area contributed by atoms with E-state index in [1.807, 2.05) is 13.0 Å². The van der Waals surface area contributed by atoms with Crippen molar-refractivity contribution in [2.75, 3.05) is 23.7 Å². The lowest BCUT2D eigenvalue weighted by Crippen LogP contribution is -2.35. The fraction of sp³-hybridized carbons (Fsp3) is 0.357. The summed E-state index contributed by atoms with van der Waals surface area (Å²) < 4.78 is 26.1. The smallest absolute Gasteiger partial charge is 0.232 e. The second kappa shape index (κ2) is 7.61. The van der Waals surface area contributed by atoms with Gasteiger partial charge in [0, 0.05) is 24.0 Å². The molecule has 0 spiro atoms. The first-order chi connectivity index (χ1) is 9.75. The molecule has 0 aliphatic heterocycles. The Morgan fingerprint density at radius 3 is 2.67 bits per heavy atom. The van der Waals surface area contributed by atoms with E-state index in [2.05, 4.69) is 27.8 Å². The van der Waals surface area contributed by atoms with Crippen LogP contribution in [0.1, 0.15) is 12.0 Å². The molecule has 0 aromatic heterocycles. The molecule has 1 rings (SSSR count). The van der Waals surface area contributed by atoms with Gasteiger partial charge in [0.15, 0.2) is 0 Å². The molecule has 1 amide bonds. The zero-order valence-corrected chi connectivity index (χ0v) is 14.5. The molecular formula is C14H19BrN2O3S. The Kier molecular flexibility index (Phi) is 6.42. The second-order valence-electron chi connectivity index (χ2n) is 4.61. The number of anilines is 1. The van der Waals surface area contributed by atoms with Crippen LogP contribution in [0.25, 0.3) is 0 Å². The van der Waals surface area contributed by atoms with E-state index in [1.165, 1.54) is 4.31 Å². The van der Waals surface area contributed by atoms with E-state index < -0.39 is 10.0 Å². The molecule has 0 atom stereocenters. The summed E-state index contributed by atoms with van der Waals surface area (Å²) in [6.07, 6.45) is 2.80. The number of nitrogens with one attached hydrogen (secondary N) is 1. The normalized spacial score (nSPS) is 11.0. The zero-order valence-electron chi connectivity index (χ0n) is 12.1. The van der Waals surface area contributed by atoms with Crippen LogP contribution in [-0.4, -0.2) is 33.7 Å². The van der Waals surface area contributed by atoms with Gasteiger partial charge in [-0.1, -0.05) is 22.0 Å². The highest BCUT2D eigenvalue weighted by Crippen LogP contribution is 2.25. The third-order valence-corrected chi connectivity index (χ3v) is 4.49. The Bertz CT molecular complexity index is 629. The minimum absolute atomic E-state index is 0.0937.